The Bertz CT molecular complexity index is 3070. The van der Waals surface area contributed by atoms with Gasteiger partial charge in [-0.15, -0.1) is 0 Å². The number of rotatable bonds is 4. The maximum absolute atomic E-state index is 9.52. The molecule has 0 N–H and O–H groups in total. The molecule has 1 heterocycles. The second-order valence-electron chi connectivity index (χ2n) is 10.8. The highest BCUT2D eigenvalue weighted by Gasteiger charge is 2.24. The quantitative estimate of drug-likeness (QED) is 0.188. The summed E-state index contributed by atoms with van der Waals surface area (Å²) in [6.07, 6.45) is 0. The first-order valence-electron chi connectivity index (χ1n) is 20.1. The monoisotopic (exact) mass is 583 g/mol. The van der Waals surface area contributed by atoms with Gasteiger partial charge in [0, 0.05) is 16.3 Å². The molecule has 0 bridgehead atoms. The fourth-order valence-electron chi connectivity index (χ4n) is 6.52. The van der Waals surface area contributed by atoms with Gasteiger partial charge in [-0.1, -0.05) is 158 Å². The Kier molecular flexibility index (Phi) is 3.87. The highest BCUT2D eigenvalue weighted by molar-refractivity contribution is 6.28. The van der Waals surface area contributed by atoms with Crippen LogP contribution in [0, 0.1) is 0 Å². The lowest BCUT2D eigenvalue weighted by molar-refractivity contribution is 0.669. The molecule has 0 amide bonds. The van der Waals surface area contributed by atoms with Crippen molar-refractivity contribution < 1.29 is 19.5 Å². The van der Waals surface area contributed by atoms with Crippen LogP contribution in [0.5, 0.6) is 0 Å². The zero-order valence-corrected chi connectivity index (χ0v) is 23.7. The van der Waals surface area contributed by atoms with Gasteiger partial charge in [0.05, 0.1) is 15.1 Å². The van der Waals surface area contributed by atoms with Crippen LogP contribution in [-0.4, -0.2) is 0 Å². The molecular weight excluding hydrogens is 544 g/mol. The number of para-hydroxylation sites is 1. The van der Waals surface area contributed by atoms with E-state index in [1.165, 1.54) is 0 Å². The third-order valence-electron chi connectivity index (χ3n) is 8.35. The average molecular weight is 584 g/mol. The van der Waals surface area contributed by atoms with Crippen LogP contribution < -0.4 is 0 Å². The normalized spacial score (nSPS) is 15.0. The molecule has 0 unspecified atom stereocenters. The van der Waals surface area contributed by atoms with Gasteiger partial charge in [0.25, 0.3) is 0 Å². The van der Waals surface area contributed by atoms with Crippen LogP contribution in [0.4, 0.5) is 0 Å². The fraction of sp³-hybridized carbons (Fsp3) is 0. The van der Waals surface area contributed by atoms with Crippen LogP contribution >= 0.6 is 0 Å². The van der Waals surface area contributed by atoms with Crippen molar-refractivity contribution in [2.75, 3.05) is 0 Å². The molecule has 1 heteroatoms. The summed E-state index contributed by atoms with van der Waals surface area (Å²) in [5.41, 5.74) is 3.61. The van der Waals surface area contributed by atoms with E-state index >= 15 is 0 Å². The van der Waals surface area contributed by atoms with Gasteiger partial charge >= 0.3 is 0 Å². The minimum atomic E-state index is -0.625. The van der Waals surface area contributed by atoms with Crippen molar-refractivity contribution in [3.63, 3.8) is 0 Å². The summed E-state index contributed by atoms with van der Waals surface area (Å²) in [5.74, 6) is 0. The number of fused-ring (bicyclic) bond motifs is 5. The lowest BCUT2D eigenvalue weighted by atomic mass is 9.81. The van der Waals surface area contributed by atoms with Crippen molar-refractivity contribution >= 4 is 43.5 Å². The van der Waals surface area contributed by atoms with Crippen molar-refractivity contribution in [3.05, 3.63) is 170 Å². The minimum absolute atomic E-state index is 0.0465. The van der Waals surface area contributed by atoms with Crippen LogP contribution in [-0.2, 0) is 0 Å². The molecule has 210 valence electrons. The highest BCUT2D eigenvalue weighted by atomic mass is 16.3. The zero-order chi connectivity index (χ0) is 39.3. The Morgan fingerprint density at radius 1 is 0.356 bits per heavy atom. The molecule has 0 fully saturated rings. The van der Waals surface area contributed by atoms with Crippen molar-refractivity contribution in [1.29, 1.82) is 0 Å². The lowest BCUT2D eigenvalue weighted by Crippen LogP contribution is -1.94. The molecule has 0 saturated heterocycles. The van der Waals surface area contributed by atoms with E-state index in [-0.39, 0.29) is 38.6 Å². The number of hydrogen-bond acceptors (Lipinski definition) is 1. The van der Waals surface area contributed by atoms with E-state index in [9.17, 15) is 2.74 Å². The maximum atomic E-state index is 9.52. The molecule has 1 aromatic heterocycles. The fourth-order valence-corrected chi connectivity index (χ4v) is 6.52. The Hall–Kier alpha value is -5.92. The molecule has 9 aromatic rings. The summed E-state index contributed by atoms with van der Waals surface area (Å²) >= 11 is 0. The molecule has 8 aromatic carbocycles. The number of furan rings is 1. The van der Waals surface area contributed by atoms with Crippen molar-refractivity contribution in [2.45, 2.75) is 0 Å². The number of benzene rings is 8. The molecule has 0 aliphatic rings. The summed E-state index contributed by atoms with van der Waals surface area (Å²) in [4.78, 5) is 0. The first-order valence-corrected chi connectivity index (χ1v) is 14.6. The molecular formula is C44H28O. The van der Waals surface area contributed by atoms with Crippen molar-refractivity contribution in [1.82, 2.24) is 0 Å². The molecule has 0 aliphatic carbocycles. The largest absolute Gasteiger partial charge is 0.456 e. The minimum Gasteiger partial charge on any atom is -0.456 e. The van der Waals surface area contributed by atoms with E-state index in [1.54, 1.807) is 0 Å². The molecule has 0 spiro atoms. The maximum Gasteiger partial charge on any atom is 0.136 e. The van der Waals surface area contributed by atoms with Gasteiger partial charge in [-0.25, -0.2) is 0 Å². The highest BCUT2D eigenvalue weighted by Crippen LogP contribution is 2.50. The molecule has 0 atom stereocenters. The van der Waals surface area contributed by atoms with E-state index in [0.717, 1.165) is 33.0 Å². The molecule has 0 aliphatic heterocycles. The first-order chi connectivity index (χ1) is 26.9. The van der Waals surface area contributed by atoms with E-state index in [1.807, 2.05) is 91.0 Å². The lowest BCUT2D eigenvalue weighted by Gasteiger charge is -2.21. The topological polar surface area (TPSA) is 13.1 Å². The second kappa shape index (κ2) is 10.4. The third-order valence-corrected chi connectivity index (χ3v) is 8.35. The van der Waals surface area contributed by atoms with E-state index in [0.29, 0.717) is 16.3 Å². The molecule has 45 heavy (non-hydrogen) atoms. The van der Waals surface area contributed by atoms with Gasteiger partial charge < -0.3 is 4.42 Å². The standard InChI is InChI=1S/C44H28O/c1-3-15-29(16-4-1)31-19-7-8-20-33(31)41-34-21-9-11-23-36(34)42(37-24-12-10-22-35(37)41)44-32(30-17-5-2-6-18-30)27-28-40-43(44)38-25-13-14-26-39(38)45-40/h1-28H/i2D,5D,6D,13D,14D,17D,18D,25D,26D,27D,28D. The van der Waals surface area contributed by atoms with Crippen LogP contribution in [0.1, 0.15) is 15.1 Å². The zero-order valence-electron chi connectivity index (χ0n) is 34.7. The SMILES string of the molecule is [2H]c1c([2H])c([2H])c(-c2c([2H])c([2H])c3oc4c([2H])c([2H])c([2H])c([2H])c4c3c2-c2c3ccccc3c(-c3ccccc3-c3ccccc3)c3ccccc23)c([2H])c1[2H]. The Morgan fingerprint density at radius 2 is 0.933 bits per heavy atom. The first kappa shape index (κ1) is 16.8. The van der Waals surface area contributed by atoms with Gasteiger partial charge in [-0.3, -0.25) is 0 Å². The predicted molar refractivity (Wildman–Crippen MR) is 190 cm³/mol. The van der Waals surface area contributed by atoms with Crippen LogP contribution in [0.2, 0.25) is 0 Å². The van der Waals surface area contributed by atoms with E-state index < -0.39 is 66.5 Å². The Labute approximate surface area is 277 Å². The van der Waals surface area contributed by atoms with E-state index in [4.69, 9.17) is 16.8 Å². The summed E-state index contributed by atoms with van der Waals surface area (Å²) in [5, 5.41) is 2.93. The van der Waals surface area contributed by atoms with Gasteiger partial charge in [-0.05, 0) is 72.6 Å². The second-order valence-corrected chi connectivity index (χ2v) is 10.8. The molecule has 9 rings (SSSR count). The smallest absolute Gasteiger partial charge is 0.136 e. The third kappa shape index (κ3) is 4.02. The Morgan fingerprint density at radius 3 is 1.64 bits per heavy atom. The van der Waals surface area contributed by atoms with Crippen LogP contribution in [0.3, 0.4) is 0 Å². The molecule has 0 radical (unpaired) electrons. The van der Waals surface area contributed by atoms with Crippen LogP contribution in [0.15, 0.2) is 174 Å². The van der Waals surface area contributed by atoms with E-state index in [2.05, 4.69) is 12.1 Å². The van der Waals surface area contributed by atoms with Gasteiger partial charge in [0.2, 0.25) is 0 Å². The average Bonchev–Trinajstić information content (AvgIpc) is 3.63. The summed E-state index contributed by atoms with van der Waals surface area (Å²) in [7, 11) is 0. The van der Waals surface area contributed by atoms with Crippen LogP contribution in [0.25, 0.3) is 88.0 Å². The summed E-state index contributed by atoms with van der Waals surface area (Å²) in [6.45, 7) is 0. The molecule has 1 nitrogen and oxygen atoms in total. The predicted octanol–water partition coefficient (Wildman–Crippen LogP) is 12.6. The summed E-state index contributed by atoms with van der Waals surface area (Å²) < 4.78 is 104. The Balaban J connectivity index is 1.58. The number of hydrogen-bond donors (Lipinski definition) is 0. The van der Waals surface area contributed by atoms with Gasteiger partial charge in [0.15, 0.2) is 0 Å². The summed E-state index contributed by atoms with van der Waals surface area (Å²) in [6, 6.07) is 27.4. The van der Waals surface area contributed by atoms with Gasteiger partial charge in [-0.2, -0.15) is 0 Å². The van der Waals surface area contributed by atoms with Crippen molar-refractivity contribution in [3.8, 4) is 44.5 Å². The van der Waals surface area contributed by atoms with Crippen molar-refractivity contribution in [2.24, 2.45) is 0 Å². The molecule has 0 saturated carbocycles. The van der Waals surface area contributed by atoms with Gasteiger partial charge in [0.1, 0.15) is 11.2 Å².